The Labute approximate surface area is 155 Å². The van der Waals surface area contributed by atoms with E-state index in [1.807, 2.05) is 12.1 Å². The fourth-order valence-electron chi connectivity index (χ4n) is 2.57. The zero-order valence-corrected chi connectivity index (χ0v) is 14.9. The lowest BCUT2D eigenvalue weighted by Crippen LogP contribution is -2.32. The van der Waals surface area contributed by atoms with Crippen molar-refractivity contribution in [1.82, 2.24) is 14.8 Å². The van der Waals surface area contributed by atoms with Crippen LogP contribution < -0.4 is 10.9 Å². The number of carbonyl (C=O) groups is 1. The summed E-state index contributed by atoms with van der Waals surface area (Å²) in [5.41, 5.74) is 2.49. The number of nitrogens with one attached hydrogen (secondary N) is 1. The van der Waals surface area contributed by atoms with Gasteiger partial charge in [0.2, 0.25) is 5.91 Å². The van der Waals surface area contributed by atoms with E-state index >= 15 is 0 Å². The summed E-state index contributed by atoms with van der Waals surface area (Å²) in [5.74, 6) is -0.333. The van der Waals surface area contributed by atoms with Crippen LogP contribution in [0.1, 0.15) is 16.8 Å². The van der Waals surface area contributed by atoms with E-state index in [9.17, 15) is 9.59 Å². The minimum absolute atomic E-state index is 0.164. The van der Waals surface area contributed by atoms with Gasteiger partial charge in [0.25, 0.3) is 5.56 Å². The molecule has 0 aliphatic rings. The molecule has 1 aromatic carbocycles. The van der Waals surface area contributed by atoms with Crippen LogP contribution in [0.15, 0.2) is 59.7 Å². The molecule has 0 atom stereocenters. The molecule has 0 fully saturated rings. The molecule has 0 spiro atoms. The van der Waals surface area contributed by atoms with E-state index in [2.05, 4.69) is 15.4 Å². The van der Waals surface area contributed by atoms with Crippen LogP contribution in [0.2, 0.25) is 5.02 Å². The number of hydrogen-bond acceptors (Lipinski definition) is 4. The number of anilines is 1. The first-order valence-electron chi connectivity index (χ1n) is 8.03. The van der Waals surface area contributed by atoms with E-state index in [4.69, 9.17) is 11.6 Å². The molecule has 0 aliphatic carbocycles. The van der Waals surface area contributed by atoms with Gasteiger partial charge >= 0.3 is 0 Å². The van der Waals surface area contributed by atoms with Crippen molar-refractivity contribution in [2.45, 2.75) is 19.9 Å². The molecule has 3 rings (SSSR count). The average Bonchev–Trinajstić information content (AvgIpc) is 2.62. The summed E-state index contributed by atoms with van der Waals surface area (Å²) in [6.45, 7) is 1.63. The molecule has 1 amide bonds. The highest BCUT2D eigenvalue weighted by atomic mass is 35.5. The second-order valence-corrected chi connectivity index (χ2v) is 6.30. The Hall–Kier alpha value is -2.99. The second-order valence-electron chi connectivity index (χ2n) is 5.87. The first-order chi connectivity index (χ1) is 12.5. The Bertz CT molecular complexity index is 969. The highest BCUT2D eigenvalue weighted by Gasteiger charge is 2.11. The number of nitrogens with zero attached hydrogens (tertiary/aromatic N) is 3. The van der Waals surface area contributed by atoms with Crippen LogP contribution in [0, 0.1) is 6.92 Å². The molecular formula is C19H17ClN4O2. The lowest BCUT2D eigenvalue weighted by atomic mass is 10.1. The number of rotatable bonds is 5. The van der Waals surface area contributed by atoms with Gasteiger partial charge in [0.15, 0.2) is 0 Å². The molecule has 0 radical (unpaired) electrons. The van der Waals surface area contributed by atoms with Crippen molar-refractivity contribution in [2.24, 2.45) is 0 Å². The van der Waals surface area contributed by atoms with Crippen LogP contribution >= 0.6 is 11.6 Å². The van der Waals surface area contributed by atoms with E-state index in [1.54, 1.807) is 49.6 Å². The molecule has 1 N–H and O–H groups in total. The van der Waals surface area contributed by atoms with Crippen molar-refractivity contribution >= 4 is 23.2 Å². The van der Waals surface area contributed by atoms with Crippen molar-refractivity contribution < 1.29 is 4.79 Å². The van der Waals surface area contributed by atoms with Crippen molar-refractivity contribution in [3.8, 4) is 0 Å². The van der Waals surface area contributed by atoms with Crippen LogP contribution in [0.5, 0.6) is 0 Å². The standard InChI is InChI=1S/C19H17ClN4O2/c1-13-9-15(10-14-3-2-8-21-11-14)19(26)24(23-13)12-18(25)22-17-6-4-16(20)5-7-17/h2-9,11H,10,12H2,1H3,(H,22,25). The maximum atomic E-state index is 12.6. The highest BCUT2D eigenvalue weighted by Crippen LogP contribution is 2.13. The molecule has 2 aromatic heterocycles. The van der Waals surface area contributed by atoms with Gasteiger partial charge in [-0.05, 0) is 48.9 Å². The molecule has 0 aliphatic heterocycles. The minimum Gasteiger partial charge on any atom is -0.324 e. The predicted molar refractivity (Wildman–Crippen MR) is 100 cm³/mol. The predicted octanol–water partition coefficient (Wildman–Crippen LogP) is 2.83. The first-order valence-corrected chi connectivity index (χ1v) is 8.41. The third kappa shape index (κ3) is 4.55. The first kappa shape index (κ1) is 17.8. The van der Waals surface area contributed by atoms with Crippen molar-refractivity contribution in [2.75, 3.05) is 5.32 Å². The fourth-order valence-corrected chi connectivity index (χ4v) is 2.70. The Balaban J connectivity index is 1.78. The van der Waals surface area contributed by atoms with Gasteiger partial charge in [-0.2, -0.15) is 5.10 Å². The largest absolute Gasteiger partial charge is 0.324 e. The normalized spacial score (nSPS) is 10.5. The summed E-state index contributed by atoms with van der Waals surface area (Å²) in [5, 5.41) is 7.49. The SMILES string of the molecule is Cc1cc(Cc2cccnc2)c(=O)n(CC(=O)Nc2ccc(Cl)cc2)n1. The quantitative estimate of drug-likeness (QED) is 0.751. The number of aryl methyl sites for hydroxylation is 1. The van der Waals surface area contributed by atoms with Crippen molar-refractivity contribution in [1.29, 1.82) is 0 Å². The Kier molecular flexibility index (Phi) is 5.43. The molecule has 26 heavy (non-hydrogen) atoms. The molecule has 6 nitrogen and oxygen atoms in total. The number of carbonyl (C=O) groups excluding carboxylic acids is 1. The van der Waals surface area contributed by atoms with E-state index < -0.39 is 0 Å². The molecule has 7 heteroatoms. The van der Waals surface area contributed by atoms with E-state index in [1.165, 1.54) is 4.68 Å². The molecule has 3 aromatic rings. The topological polar surface area (TPSA) is 76.9 Å². The third-order valence-corrected chi connectivity index (χ3v) is 3.96. The van der Waals surface area contributed by atoms with Crippen LogP contribution in [-0.2, 0) is 17.8 Å². The van der Waals surface area contributed by atoms with Crippen molar-refractivity contribution in [3.63, 3.8) is 0 Å². The highest BCUT2D eigenvalue weighted by molar-refractivity contribution is 6.30. The molecule has 0 saturated carbocycles. The summed E-state index contributed by atoms with van der Waals surface area (Å²) in [6.07, 6.45) is 3.84. The van der Waals surface area contributed by atoms with Gasteiger partial charge in [-0.15, -0.1) is 0 Å². The Morgan fingerprint density at radius 3 is 2.69 bits per heavy atom. The number of benzene rings is 1. The molecular weight excluding hydrogens is 352 g/mol. The van der Waals surface area contributed by atoms with Gasteiger partial charge in [0.05, 0.1) is 5.69 Å². The van der Waals surface area contributed by atoms with E-state index in [0.717, 1.165) is 5.56 Å². The minimum atomic E-state index is -0.333. The number of hydrogen-bond donors (Lipinski definition) is 1. The van der Waals surface area contributed by atoms with Crippen LogP contribution in [0.25, 0.3) is 0 Å². The van der Waals surface area contributed by atoms with Crippen LogP contribution in [-0.4, -0.2) is 20.7 Å². The maximum absolute atomic E-state index is 12.6. The monoisotopic (exact) mass is 368 g/mol. The maximum Gasteiger partial charge on any atom is 0.270 e. The molecule has 0 unspecified atom stereocenters. The van der Waals surface area contributed by atoms with Gasteiger partial charge in [-0.3, -0.25) is 14.6 Å². The van der Waals surface area contributed by atoms with Gasteiger partial charge in [0.1, 0.15) is 6.54 Å². The lowest BCUT2D eigenvalue weighted by Gasteiger charge is -2.10. The van der Waals surface area contributed by atoms with Gasteiger partial charge in [-0.1, -0.05) is 17.7 Å². The zero-order chi connectivity index (χ0) is 18.5. The van der Waals surface area contributed by atoms with Gasteiger partial charge in [0, 0.05) is 35.1 Å². The summed E-state index contributed by atoms with van der Waals surface area (Å²) in [6, 6.07) is 12.2. The van der Waals surface area contributed by atoms with Crippen LogP contribution in [0.3, 0.4) is 0 Å². The second kappa shape index (κ2) is 7.93. The molecule has 132 valence electrons. The van der Waals surface area contributed by atoms with E-state index in [-0.39, 0.29) is 18.0 Å². The Morgan fingerprint density at radius 2 is 2.00 bits per heavy atom. The fraction of sp³-hybridized carbons (Fsp3) is 0.158. The molecule has 0 bridgehead atoms. The summed E-state index contributed by atoms with van der Waals surface area (Å²) >= 11 is 5.83. The Morgan fingerprint density at radius 1 is 1.23 bits per heavy atom. The molecule has 2 heterocycles. The lowest BCUT2D eigenvalue weighted by molar-refractivity contribution is -0.117. The smallest absolute Gasteiger partial charge is 0.270 e. The van der Waals surface area contributed by atoms with Crippen LogP contribution in [0.4, 0.5) is 5.69 Å². The average molecular weight is 369 g/mol. The van der Waals surface area contributed by atoms with Gasteiger partial charge in [-0.25, -0.2) is 4.68 Å². The number of pyridine rings is 1. The zero-order valence-electron chi connectivity index (χ0n) is 14.1. The van der Waals surface area contributed by atoms with Gasteiger partial charge < -0.3 is 5.32 Å². The number of amides is 1. The summed E-state index contributed by atoms with van der Waals surface area (Å²) in [7, 11) is 0. The number of aromatic nitrogens is 3. The number of halogens is 1. The third-order valence-electron chi connectivity index (χ3n) is 3.71. The summed E-state index contributed by atoms with van der Waals surface area (Å²) in [4.78, 5) is 28.9. The molecule has 0 saturated heterocycles. The summed E-state index contributed by atoms with van der Waals surface area (Å²) < 4.78 is 1.19. The van der Waals surface area contributed by atoms with E-state index in [0.29, 0.717) is 28.4 Å². The van der Waals surface area contributed by atoms with Crippen molar-refractivity contribution in [3.05, 3.63) is 87.1 Å².